The van der Waals surface area contributed by atoms with Gasteiger partial charge in [0.1, 0.15) is 6.10 Å². The number of amides is 3. The van der Waals surface area contributed by atoms with Crippen molar-refractivity contribution < 1.29 is 29.0 Å². The smallest absolute Gasteiger partial charge is 0.315 e. The minimum Gasteiger partial charge on any atom is -0.550 e. The van der Waals surface area contributed by atoms with Crippen LogP contribution in [-0.2, 0) is 19.1 Å². The molecule has 2 rings (SSSR count). The number of rotatable bonds is 21. The lowest BCUT2D eigenvalue weighted by Crippen LogP contribution is -2.64. The van der Waals surface area contributed by atoms with Crippen molar-refractivity contribution in [3.8, 4) is 0 Å². The van der Waals surface area contributed by atoms with Gasteiger partial charge in [0.2, 0.25) is 5.91 Å². The van der Waals surface area contributed by atoms with Gasteiger partial charge >= 0.3 is 6.03 Å². The fraction of sp³-hybridized carbons (Fsp3) is 0.865. The van der Waals surface area contributed by atoms with Crippen LogP contribution in [0.2, 0.25) is 0 Å². The Morgan fingerprint density at radius 2 is 1.46 bits per heavy atom. The lowest BCUT2D eigenvalue weighted by molar-refractivity contribution is -0.314. The number of allylic oxidation sites excluding steroid dienone is 2. The van der Waals surface area contributed by atoms with Gasteiger partial charge in [0.15, 0.2) is 5.79 Å². The number of carboxylic acids is 1. The van der Waals surface area contributed by atoms with E-state index >= 15 is 0 Å². The number of hydrogen-bond acceptors (Lipinski definition) is 6. The van der Waals surface area contributed by atoms with Crippen LogP contribution in [-0.4, -0.2) is 54.5 Å². The fourth-order valence-corrected chi connectivity index (χ4v) is 6.77. The van der Waals surface area contributed by atoms with Crippen molar-refractivity contribution in [1.82, 2.24) is 16.0 Å². The monoisotopic (exact) mass is 648 g/mol. The molecule has 0 bridgehead atoms. The van der Waals surface area contributed by atoms with Crippen molar-refractivity contribution in [3.05, 3.63) is 12.2 Å². The summed E-state index contributed by atoms with van der Waals surface area (Å²) >= 11 is 0. The summed E-state index contributed by atoms with van der Waals surface area (Å²) in [7, 11) is 0. The molecule has 2 aliphatic rings. The molecule has 3 unspecified atom stereocenters. The van der Waals surface area contributed by atoms with E-state index in [0.29, 0.717) is 19.4 Å². The molecule has 9 nitrogen and oxygen atoms in total. The Morgan fingerprint density at radius 3 is 2.07 bits per heavy atom. The normalized spacial score (nSPS) is 21.7. The van der Waals surface area contributed by atoms with Crippen molar-refractivity contribution in [3.63, 3.8) is 0 Å². The molecule has 1 aliphatic heterocycles. The van der Waals surface area contributed by atoms with E-state index in [1.165, 1.54) is 57.8 Å². The lowest BCUT2D eigenvalue weighted by Gasteiger charge is -2.46. The summed E-state index contributed by atoms with van der Waals surface area (Å²) < 4.78 is 11.7. The Balaban J connectivity index is 1.78. The number of carbonyl (C=O) groups is 3. The molecule has 3 N–H and O–H groups in total. The first-order valence-electron chi connectivity index (χ1n) is 18.4. The van der Waals surface area contributed by atoms with Crippen molar-refractivity contribution in [2.45, 2.75) is 181 Å². The summed E-state index contributed by atoms with van der Waals surface area (Å²) in [5.74, 6) is -3.66. The number of nitrogens with one attached hydrogen (secondary N) is 3. The molecule has 1 saturated carbocycles. The number of ether oxygens (including phenoxy) is 2. The van der Waals surface area contributed by atoms with E-state index in [1.807, 2.05) is 20.8 Å². The van der Waals surface area contributed by atoms with Crippen molar-refractivity contribution in [2.75, 3.05) is 13.2 Å². The second kappa shape index (κ2) is 20.3. The molecule has 266 valence electrons. The van der Waals surface area contributed by atoms with Gasteiger partial charge < -0.3 is 35.3 Å². The average molecular weight is 649 g/mol. The largest absolute Gasteiger partial charge is 0.550 e. The van der Waals surface area contributed by atoms with E-state index < -0.39 is 34.7 Å². The Kier molecular flexibility index (Phi) is 17.7. The molecule has 0 spiro atoms. The standard InChI is InChI=1S/C37H67N3O6/c1-7-8-9-10-11-12-13-14-15-16-17-18-19-21-24-29(2)39-34(44)40-37(25-22-20-23-26-37)30(33(42)43)27-38-32(41)31-35(3,4)28-45-36(5,6)46-31/h14-15,29-31H,7-13,16-28H2,1-6H3,(H,38,41)(H,42,43)(H2,39,40,44)/p-1/b15-14+. The lowest BCUT2D eigenvalue weighted by atomic mass is 9.72. The van der Waals surface area contributed by atoms with Crippen LogP contribution in [0.15, 0.2) is 12.2 Å². The summed E-state index contributed by atoms with van der Waals surface area (Å²) in [5.41, 5.74) is -1.58. The van der Waals surface area contributed by atoms with Crippen LogP contribution in [0.4, 0.5) is 4.79 Å². The predicted molar refractivity (Wildman–Crippen MR) is 182 cm³/mol. The summed E-state index contributed by atoms with van der Waals surface area (Å²) in [4.78, 5) is 38.9. The molecule has 1 heterocycles. The van der Waals surface area contributed by atoms with Gasteiger partial charge in [0, 0.05) is 29.9 Å². The van der Waals surface area contributed by atoms with Gasteiger partial charge in [-0.25, -0.2) is 4.79 Å². The Hall–Kier alpha value is -2.13. The number of hydrogen-bond donors (Lipinski definition) is 3. The zero-order valence-electron chi connectivity index (χ0n) is 30.0. The maximum Gasteiger partial charge on any atom is 0.315 e. The summed E-state index contributed by atoms with van der Waals surface area (Å²) in [6, 6.07) is -0.395. The van der Waals surface area contributed by atoms with Crippen LogP contribution in [0.25, 0.3) is 0 Å². The number of unbranched alkanes of at least 4 members (excludes halogenated alkanes) is 10. The summed E-state index contributed by atoms with van der Waals surface area (Å²) in [6.07, 6.45) is 23.2. The van der Waals surface area contributed by atoms with E-state index in [1.54, 1.807) is 13.8 Å². The minimum absolute atomic E-state index is 0.0322. The highest BCUT2D eigenvalue weighted by Gasteiger charge is 2.47. The third-order valence-electron chi connectivity index (χ3n) is 9.71. The molecule has 46 heavy (non-hydrogen) atoms. The molecule has 2 fully saturated rings. The minimum atomic E-state index is -1.28. The maximum atomic E-state index is 13.2. The molecular formula is C37H66N3O6-. The van der Waals surface area contributed by atoms with Gasteiger partial charge in [-0.15, -0.1) is 0 Å². The molecule has 0 aromatic carbocycles. The van der Waals surface area contributed by atoms with Crippen LogP contribution in [0.5, 0.6) is 0 Å². The Labute approximate surface area is 279 Å². The number of urea groups is 1. The molecule has 1 aliphatic carbocycles. The van der Waals surface area contributed by atoms with Crippen molar-refractivity contribution in [1.29, 1.82) is 0 Å². The van der Waals surface area contributed by atoms with Gasteiger partial charge in [0.25, 0.3) is 0 Å². The summed E-state index contributed by atoms with van der Waals surface area (Å²) in [5, 5.41) is 21.4. The molecule has 3 amide bonds. The predicted octanol–water partition coefficient (Wildman–Crippen LogP) is 6.68. The SMILES string of the molecule is CCCCCCCC/C=C/CCCCCCC(C)NC(=O)NC1(C(CNC(=O)C2OC(C)(C)OCC2(C)C)C(=O)[O-])CCCCC1. The zero-order valence-corrected chi connectivity index (χ0v) is 30.0. The van der Waals surface area contributed by atoms with Gasteiger partial charge in [-0.1, -0.05) is 104 Å². The average Bonchev–Trinajstić information content (AvgIpc) is 2.98. The van der Waals surface area contributed by atoms with Crippen molar-refractivity contribution in [2.24, 2.45) is 11.3 Å². The van der Waals surface area contributed by atoms with Crippen LogP contribution in [0.3, 0.4) is 0 Å². The first kappa shape index (κ1) is 40.0. The van der Waals surface area contributed by atoms with Crippen LogP contribution >= 0.6 is 0 Å². The van der Waals surface area contributed by atoms with E-state index in [4.69, 9.17) is 9.47 Å². The van der Waals surface area contributed by atoms with Gasteiger partial charge in [-0.3, -0.25) is 4.79 Å². The Bertz CT molecular complexity index is 943. The van der Waals surface area contributed by atoms with Crippen LogP contribution < -0.4 is 21.1 Å². The maximum absolute atomic E-state index is 13.2. The van der Waals surface area contributed by atoms with E-state index in [9.17, 15) is 19.5 Å². The quantitative estimate of drug-likeness (QED) is 0.0941. The number of carboxylic acid groups (broad SMARTS) is 1. The first-order chi connectivity index (χ1) is 21.8. The van der Waals surface area contributed by atoms with E-state index in [0.717, 1.165) is 44.9 Å². The third-order valence-corrected chi connectivity index (χ3v) is 9.71. The highest BCUT2D eigenvalue weighted by atomic mass is 16.7. The highest BCUT2D eigenvalue weighted by molar-refractivity contribution is 5.83. The molecule has 0 radical (unpaired) electrons. The number of carbonyl (C=O) groups excluding carboxylic acids is 3. The molecule has 9 heteroatoms. The van der Waals surface area contributed by atoms with E-state index in [-0.39, 0.29) is 24.5 Å². The topological polar surface area (TPSA) is 129 Å². The first-order valence-corrected chi connectivity index (χ1v) is 18.4. The summed E-state index contributed by atoms with van der Waals surface area (Å²) in [6.45, 7) is 11.7. The van der Waals surface area contributed by atoms with Crippen LogP contribution in [0.1, 0.15) is 157 Å². The third kappa shape index (κ3) is 14.3. The molecule has 1 saturated heterocycles. The Morgan fingerprint density at radius 1 is 0.870 bits per heavy atom. The molecular weight excluding hydrogens is 582 g/mol. The number of aliphatic carboxylic acids is 1. The second-order valence-electron chi connectivity index (χ2n) is 15.0. The van der Waals surface area contributed by atoms with Gasteiger partial charge in [-0.2, -0.15) is 0 Å². The van der Waals surface area contributed by atoms with Crippen molar-refractivity contribution >= 4 is 17.9 Å². The zero-order chi connectivity index (χ0) is 34.1. The molecule has 0 aromatic heterocycles. The van der Waals surface area contributed by atoms with Gasteiger partial charge in [-0.05, 0) is 65.7 Å². The molecule has 0 aromatic rings. The van der Waals surface area contributed by atoms with E-state index in [2.05, 4.69) is 35.0 Å². The molecule has 3 atom stereocenters. The highest BCUT2D eigenvalue weighted by Crippen LogP contribution is 2.36. The fourth-order valence-electron chi connectivity index (χ4n) is 6.77. The second-order valence-corrected chi connectivity index (χ2v) is 15.0. The van der Waals surface area contributed by atoms with Gasteiger partial charge in [0.05, 0.1) is 12.1 Å². The van der Waals surface area contributed by atoms with Crippen LogP contribution in [0, 0.1) is 11.3 Å².